The third kappa shape index (κ3) is 4.46. The Bertz CT molecular complexity index is 599. The highest BCUT2D eigenvalue weighted by Gasteiger charge is 2.32. The lowest BCUT2D eigenvalue weighted by Crippen LogP contribution is -2.45. The van der Waals surface area contributed by atoms with E-state index in [1.165, 1.54) is 0 Å². The molecule has 0 unspecified atom stereocenters. The molecule has 1 aliphatic heterocycles. The van der Waals surface area contributed by atoms with Gasteiger partial charge in [-0.25, -0.2) is 4.98 Å². The normalized spacial score (nSPS) is 16.0. The van der Waals surface area contributed by atoms with Gasteiger partial charge in [0.25, 0.3) is 0 Å². The topological polar surface area (TPSA) is 65.5 Å². The van der Waals surface area contributed by atoms with Crippen molar-refractivity contribution in [3.8, 4) is 0 Å². The second-order valence-corrected chi connectivity index (χ2v) is 7.58. The molecule has 24 heavy (non-hydrogen) atoms. The molecule has 2 amide bonds. The number of nitrogens with zero attached hydrogens (tertiary/aromatic N) is 3. The average Bonchev–Trinajstić information content (AvgIpc) is 2.53. The van der Waals surface area contributed by atoms with Crippen LogP contribution in [0.4, 0.5) is 11.6 Å². The van der Waals surface area contributed by atoms with Crippen LogP contribution in [0.25, 0.3) is 0 Å². The van der Waals surface area contributed by atoms with E-state index in [-0.39, 0.29) is 23.1 Å². The number of anilines is 2. The van der Waals surface area contributed by atoms with E-state index in [0.29, 0.717) is 31.7 Å². The SMILES string of the molecule is CN(C)c1cccc(NC(=O)C2CCN(C(=O)C(C)(C)C)CC2)n1. The Morgan fingerprint density at radius 3 is 2.38 bits per heavy atom. The number of carbonyl (C=O) groups excluding carboxylic acids is 2. The van der Waals surface area contributed by atoms with Crippen LogP contribution in [-0.2, 0) is 9.59 Å². The summed E-state index contributed by atoms with van der Waals surface area (Å²) in [4.78, 5) is 32.9. The van der Waals surface area contributed by atoms with Crippen LogP contribution in [0.2, 0.25) is 0 Å². The van der Waals surface area contributed by atoms with Gasteiger partial charge in [0.05, 0.1) is 0 Å². The lowest BCUT2D eigenvalue weighted by molar-refractivity contribution is -0.142. The summed E-state index contributed by atoms with van der Waals surface area (Å²) < 4.78 is 0. The molecule has 1 fully saturated rings. The van der Waals surface area contributed by atoms with E-state index in [4.69, 9.17) is 0 Å². The summed E-state index contributed by atoms with van der Waals surface area (Å²) in [6, 6.07) is 5.57. The molecule has 1 saturated heterocycles. The lowest BCUT2D eigenvalue weighted by Gasteiger charge is -2.35. The molecule has 2 heterocycles. The van der Waals surface area contributed by atoms with Gasteiger partial charge in [-0.15, -0.1) is 0 Å². The molecule has 0 saturated carbocycles. The second-order valence-electron chi connectivity index (χ2n) is 7.58. The number of amides is 2. The van der Waals surface area contributed by atoms with Gasteiger partial charge in [0.1, 0.15) is 11.6 Å². The summed E-state index contributed by atoms with van der Waals surface area (Å²) in [7, 11) is 3.83. The van der Waals surface area contributed by atoms with Crippen molar-refractivity contribution in [2.45, 2.75) is 33.6 Å². The van der Waals surface area contributed by atoms with Crippen molar-refractivity contribution < 1.29 is 9.59 Å². The molecule has 0 aliphatic carbocycles. The van der Waals surface area contributed by atoms with Crippen LogP contribution < -0.4 is 10.2 Å². The van der Waals surface area contributed by atoms with Crippen LogP contribution in [0.5, 0.6) is 0 Å². The first kappa shape index (κ1) is 18.2. The van der Waals surface area contributed by atoms with Gasteiger partial charge in [-0.3, -0.25) is 9.59 Å². The number of piperidine rings is 1. The zero-order chi connectivity index (χ0) is 17.9. The quantitative estimate of drug-likeness (QED) is 0.923. The molecular formula is C18H28N4O2. The van der Waals surface area contributed by atoms with Crippen LogP contribution in [0.1, 0.15) is 33.6 Å². The van der Waals surface area contributed by atoms with Crippen LogP contribution >= 0.6 is 0 Å². The summed E-state index contributed by atoms with van der Waals surface area (Å²) in [5, 5.41) is 2.90. The van der Waals surface area contributed by atoms with Gasteiger partial charge in [0, 0.05) is 38.5 Å². The highest BCUT2D eigenvalue weighted by molar-refractivity contribution is 5.92. The van der Waals surface area contributed by atoms with Gasteiger partial charge in [0.15, 0.2) is 0 Å². The first-order valence-electron chi connectivity index (χ1n) is 8.43. The number of rotatable bonds is 3. The van der Waals surface area contributed by atoms with Gasteiger partial charge in [-0.2, -0.15) is 0 Å². The summed E-state index contributed by atoms with van der Waals surface area (Å²) >= 11 is 0. The molecule has 1 N–H and O–H groups in total. The van der Waals surface area contributed by atoms with Gasteiger partial charge < -0.3 is 15.1 Å². The van der Waals surface area contributed by atoms with E-state index in [2.05, 4.69) is 10.3 Å². The Labute approximate surface area is 144 Å². The fourth-order valence-corrected chi connectivity index (χ4v) is 2.79. The van der Waals surface area contributed by atoms with Gasteiger partial charge in [-0.05, 0) is 25.0 Å². The van der Waals surface area contributed by atoms with Crippen molar-refractivity contribution in [2.24, 2.45) is 11.3 Å². The molecule has 0 atom stereocenters. The molecule has 1 aromatic rings. The van der Waals surface area contributed by atoms with Crippen LogP contribution in [0, 0.1) is 11.3 Å². The second kappa shape index (κ2) is 7.20. The van der Waals surface area contributed by atoms with Gasteiger partial charge >= 0.3 is 0 Å². The summed E-state index contributed by atoms with van der Waals surface area (Å²) in [6.07, 6.45) is 1.39. The zero-order valence-electron chi connectivity index (χ0n) is 15.3. The predicted molar refractivity (Wildman–Crippen MR) is 96.0 cm³/mol. The Hall–Kier alpha value is -2.11. The number of nitrogens with one attached hydrogen (secondary N) is 1. The van der Waals surface area contributed by atoms with Crippen LogP contribution in [0.3, 0.4) is 0 Å². The molecule has 0 spiro atoms. The molecule has 1 aromatic heterocycles. The van der Waals surface area contributed by atoms with Crippen molar-refractivity contribution in [2.75, 3.05) is 37.4 Å². The maximum Gasteiger partial charge on any atom is 0.228 e. The van der Waals surface area contributed by atoms with E-state index in [9.17, 15) is 9.59 Å². The summed E-state index contributed by atoms with van der Waals surface area (Å²) in [5.74, 6) is 1.44. The number of hydrogen-bond acceptors (Lipinski definition) is 4. The average molecular weight is 332 g/mol. The van der Waals surface area contributed by atoms with E-state index in [0.717, 1.165) is 5.82 Å². The zero-order valence-corrected chi connectivity index (χ0v) is 15.3. The lowest BCUT2D eigenvalue weighted by atomic mass is 9.90. The molecule has 1 aliphatic rings. The standard InChI is InChI=1S/C18H28N4O2/c1-18(2,3)17(24)22-11-9-13(10-12-22)16(23)20-14-7-6-8-15(19-14)21(4)5/h6-8,13H,9-12H2,1-5H3,(H,19,20,23). The maximum absolute atomic E-state index is 12.5. The first-order valence-corrected chi connectivity index (χ1v) is 8.43. The van der Waals surface area contributed by atoms with Crippen LogP contribution in [-0.4, -0.2) is 48.9 Å². The predicted octanol–water partition coefficient (Wildman–Crippen LogP) is 2.37. The molecular weight excluding hydrogens is 304 g/mol. The molecule has 0 radical (unpaired) electrons. The molecule has 0 bridgehead atoms. The molecule has 6 heteroatoms. The number of carbonyl (C=O) groups is 2. The van der Waals surface area contributed by atoms with Gasteiger partial charge in [-0.1, -0.05) is 26.8 Å². The molecule has 6 nitrogen and oxygen atoms in total. The summed E-state index contributed by atoms with van der Waals surface area (Å²) in [5.41, 5.74) is -0.369. The summed E-state index contributed by atoms with van der Waals surface area (Å²) in [6.45, 7) is 7.06. The minimum absolute atomic E-state index is 0.0127. The fourth-order valence-electron chi connectivity index (χ4n) is 2.79. The minimum Gasteiger partial charge on any atom is -0.363 e. The maximum atomic E-state index is 12.5. The largest absolute Gasteiger partial charge is 0.363 e. The molecule has 2 rings (SSSR count). The number of pyridine rings is 1. The third-order valence-electron chi connectivity index (χ3n) is 4.24. The Morgan fingerprint density at radius 2 is 1.83 bits per heavy atom. The number of likely N-dealkylation sites (tertiary alicyclic amines) is 1. The highest BCUT2D eigenvalue weighted by atomic mass is 16.2. The van der Waals surface area contributed by atoms with Crippen molar-refractivity contribution in [1.29, 1.82) is 0 Å². The van der Waals surface area contributed by atoms with E-state index in [1.807, 2.05) is 56.8 Å². The van der Waals surface area contributed by atoms with Crippen molar-refractivity contribution >= 4 is 23.5 Å². The molecule has 0 aromatic carbocycles. The molecule has 132 valence electrons. The van der Waals surface area contributed by atoms with Crippen molar-refractivity contribution in [1.82, 2.24) is 9.88 Å². The number of aromatic nitrogens is 1. The smallest absolute Gasteiger partial charge is 0.228 e. The fraction of sp³-hybridized carbons (Fsp3) is 0.611. The number of hydrogen-bond donors (Lipinski definition) is 1. The highest BCUT2D eigenvalue weighted by Crippen LogP contribution is 2.24. The Morgan fingerprint density at radius 1 is 1.21 bits per heavy atom. The van der Waals surface area contributed by atoms with E-state index in [1.54, 1.807) is 6.07 Å². The Kier molecular flexibility index (Phi) is 5.47. The minimum atomic E-state index is -0.369. The monoisotopic (exact) mass is 332 g/mol. The van der Waals surface area contributed by atoms with E-state index < -0.39 is 0 Å². The van der Waals surface area contributed by atoms with Gasteiger partial charge in [0.2, 0.25) is 11.8 Å². The van der Waals surface area contributed by atoms with E-state index >= 15 is 0 Å². The first-order chi connectivity index (χ1) is 11.2. The van der Waals surface area contributed by atoms with Crippen LogP contribution in [0.15, 0.2) is 18.2 Å². The van der Waals surface area contributed by atoms with Crippen molar-refractivity contribution in [3.05, 3.63) is 18.2 Å². The Balaban J connectivity index is 1.91. The van der Waals surface area contributed by atoms with Crippen molar-refractivity contribution in [3.63, 3.8) is 0 Å². The third-order valence-corrected chi connectivity index (χ3v) is 4.24.